The molecule has 21 heavy (non-hydrogen) atoms. The lowest BCUT2D eigenvalue weighted by Crippen LogP contribution is -1.98. The molecule has 0 saturated carbocycles. The van der Waals surface area contributed by atoms with E-state index in [9.17, 15) is 4.39 Å². The number of aromatic nitrogens is 2. The molecule has 2 aromatic carbocycles. The standard InChI is InChI=1S/C16H13BrFN3/c1-21-16(19)14(10-6-2-4-8-12(10)17)15(20-21)11-7-3-5-9-13(11)18/h2-9H,19H2,1H3. The highest BCUT2D eigenvalue weighted by Crippen LogP contribution is 2.39. The molecule has 0 unspecified atom stereocenters. The van der Waals surface area contributed by atoms with E-state index in [0.29, 0.717) is 17.1 Å². The van der Waals surface area contributed by atoms with E-state index in [4.69, 9.17) is 5.73 Å². The number of nitrogens with two attached hydrogens (primary N) is 1. The van der Waals surface area contributed by atoms with Crippen LogP contribution in [0.4, 0.5) is 10.2 Å². The van der Waals surface area contributed by atoms with E-state index >= 15 is 0 Å². The molecule has 0 radical (unpaired) electrons. The molecule has 0 spiro atoms. The predicted molar refractivity (Wildman–Crippen MR) is 86.2 cm³/mol. The highest BCUT2D eigenvalue weighted by molar-refractivity contribution is 9.10. The minimum Gasteiger partial charge on any atom is -0.383 e. The summed E-state index contributed by atoms with van der Waals surface area (Å²) < 4.78 is 16.6. The molecule has 0 amide bonds. The second-order valence-corrected chi connectivity index (χ2v) is 5.55. The van der Waals surface area contributed by atoms with Crippen LogP contribution in [0.25, 0.3) is 22.4 Å². The van der Waals surface area contributed by atoms with Gasteiger partial charge in [-0.3, -0.25) is 4.68 Å². The topological polar surface area (TPSA) is 43.8 Å². The van der Waals surface area contributed by atoms with Gasteiger partial charge in [-0.2, -0.15) is 5.10 Å². The molecule has 2 N–H and O–H groups in total. The molecule has 0 fully saturated rings. The zero-order chi connectivity index (χ0) is 15.0. The predicted octanol–water partition coefficient (Wildman–Crippen LogP) is 4.24. The average Bonchev–Trinajstić information content (AvgIpc) is 2.76. The van der Waals surface area contributed by atoms with Gasteiger partial charge in [0.05, 0.1) is 5.56 Å². The summed E-state index contributed by atoms with van der Waals surface area (Å²) in [6.45, 7) is 0. The van der Waals surface area contributed by atoms with Gasteiger partial charge in [-0.05, 0) is 18.2 Å². The van der Waals surface area contributed by atoms with Gasteiger partial charge in [0.25, 0.3) is 0 Å². The van der Waals surface area contributed by atoms with Crippen molar-refractivity contribution >= 4 is 21.7 Å². The van der Waals surface area contributed by atoms with Crippen LogP contribution >= 0.6 is 15.9 Å². The Bertz CT molecular complexity index is 811. The molecule has 5 heteroatoms. The Morgan fingerprint density at radius 3 is 2.33 bits per heavy atom. The summed E-state index contributed by atoms with van der Waals surface area (Å²) in [6.07, 6.45) is 0. The van der Waals surface area contributed by atoms with E-state index in [-0.39, 0.29) is 5.82 Å². The molecule has 0 atom stereocenters. The van der Waals surface area contributed by atoms with Gasteiger partial charge in [0.2, 0.25) is 0 Å². The van der Waals surface area contributed by atoms with Gasteiger partial charge in [-0.1, -0.05) is 46.3 Å². The Morgan fingerprint density at radius 2 is 1.67 bits per heavy atom. The van der Waals surface area contributed by atoms with Crippen LogP contribution in [0.5, 0.6) is 0 Å². The van der Waals surface area contributed by atoms with Crippen LogP contribution in [0.3, 0.4) is 0 Å². The van der Waals surface area contributed by atoms with Crippen molar-refractivity contribution in [3.8, 4) is 22.4 Å². The van der Waals surface area contributed by atoms with E-state index in [0.717, 1.165) is 15.6 Å². The zero-order valence-corrected chi connectivity index (χ0v) is 12.9. The number of anilines is 1. The molecule has 0 bridgehead atoms. The molecule has 0 aliphatic carbocycles. The third kappa shape index (κ3) is 2.34. The number of benzene rings is 2. The van der Waals surface area contributed by atoms with Crippen molar-refractivity contribution in [2.45, 2.75) is 0 Å². The fourth-order valence-electron chi connectivity index (χ4n) is 2.31. The van der Waals surface area contributed by atoms with E-state index < -0.39 is 0 Å². The van der Waals surface area contributed by atoms with Crippen molar-refractivity contribution in [3.05, 3.63) is 58.8 Å². The minimum absolute atomic E-state index is 0.316. The van der Waals surface area contributed by atoms with Crippen LogP contribution in [0, 0.1) is 5.82 Å². The van der Waals surface area contributed by atoms with Crippen molar-refractivity contribution in [2.75, 3.05) is 5.73 Å². The zero-order valence-electron chi connectivity index (χ0n) is 11.3. The molecule has 1 heterocycles. The van der Waals surface area contributed by atoms with Gasteiger partial charge in [-0.15, -0.1) is 0 Å². The summed E-state index contributed by atoms with van der Waals surface area (Å²) >= 11 is 3.52. The molecule has 0 aliphatic rings. The second kappa shape index (κ2) is 5.33. The summed E-state index contributed by atoms with van der Waals surface area (Å²) in [5, 5.41) is 4.39. The van der Waals surface area contributed by atoms with Crippen LogP contribution < -0.4 is 5.73 Å². The Hall–Kier alpha value is -2.14. The van der Waals surface area contributed by atoms with E-state index in [1.165, 1.54) is 6.07 Å². The number of halogens is 2. The number of nitrogens with zero attached hydrogens (tertiary/aromatic N) is 2. The average molecular weight is 346 g/mol. The largest absolute Gasteiger partial charge is 0.383 e. The van der Waals surface area contributed by atoms with Crippen molar-refractivity contribution in [2.24, 2.45) is 7.05 Å². The first-order chi connectivity index (χ1) is 10.1. The number of aryl methyl sites for hydroxylation is 1. The Morgan fingerprint density at radius 1 is 1.05 bits per heavy atom. The summed E-state index contributed by atoms with van der Waals surface area (Å²) in [5.41, 5.74) is 8.75. The number of hydrogen-bond acceptors (Lipinski definition) is 2. The van der Waals surface area contributed by atoms with Crippen molar-refractivity contribution in [3.63, 3.8) is 0 Å². The van der Waals surface area contributed by atoms with Gasteiger partial charge in [0.1, 0.15) is 17.3 Å². The summed E-state index contributed by atoms with van der Waals surface area (Å²) in [5.74, 6) is 0.184. The van der Waals surface area contributed by atoms with Gasteiger partial charge < -0.3 is 5.73 Å². The second-order valence-electron chi connectivity index (χ2n) is 4.69. The first kappa shape index (κ1) is 13.8. The van der Waals surface area contributed by atoms with Crippen molar-refractivity contribution in [1.29, 1.82) is 0 Å². The van der Waals surface area contributed by atoms with Crippen LogP contribution in [-0.4, -0.2) is 9.78 Å². The molecular weight excluding hydrogens is 333 g/mol. The molecule has 3 rings (SSSR count). The summed E-state index contributed by atoms with van der Waals surface area (Å²) in [4.78, 5) is 0. The molecule has 3 aromatic rings. The third-order valence-electron chi connectivity index (χ3n) is 3.36. The molecule has 106 valence electrons. The normalized spacial score (nSPS) is 10.8. The Kier molecular flexibility index (Phi) is 3.51. The van der Waals surface area contributed by atoms with Crippen LogP contribution in [0.15, 0.2) is 53.0 Å². The molecule has 1 aromatic heterocycles. The molecule has 0 saturated heterocycles. The summed E-state index contributed by atoms with van der Waals surface area (Å²) in [6, 6.07) is 14.3. The minimum atomic E-state index is -0.316. The van der Waals surface area contributed by atoms with Crippen LogP contribution in [0.2, 0.25) is 0 Å². The maximum atomic E-state index is 14.1. The Balaban J connectivity index is 2.32. The number of nitrogen functional groups attached to an aromatic ring is 1. The van der Waals surface area contributed by atoms with E-state index in [2.05, 4.69) is 21.0 Å². The lowest BCUT2D eigenvalue weighted by atomic mass is 10.0. The molecular formula is C16H13BrFN3. The molecule has 3 nitrogen and oxygen atoms in total. The fourth-order valence-corrected chi connectivity index (χ4v) is 2.79. The fraction of sp³-hybridized carbons (Fsp3) is 0.0625. The van der Waals surface area contributed by atoms with Crippen LogP contribution in [-0.2, 0) is 7.05 Å². The smallest absolute Gasteiger partial charge is 0.132 e. The van der Waals surface area contributed by atoms with Crippen LogP contribution in [0.1, 0.15) is 0 Å². The Labute approximate surface area is 130 Å². The van der Waals surface area contributed by atoms with Gasteiger partial charge in [0, 0.05) is 22.6 Å². The van der Waals surface area contributed by atoms with Gasteiger partial charge in [0.15, 0.2) is 0 Å². The number of hydrogen-bond donors (Lipinski definition) is 1. The highest BCUT2D eigenvalue weighted by atomic mass is 79.9. The number of rotatable bonds is 2. The lowest BCUT2D eigenvalue weighted by molar-refractivity contribution is 0.630. The maximum Gasteiger partial charge on any atom is 0.132 e. The third-order valence-corrected chi connectivity index (χ3v) is 4.06. The van der Waals surface area contributed by atoms with Crippen molar-refractivity contribution in [1.82, 2.24) is 9.78 Å². The molecule has 0 aliphatic heterocycles. The first-order valence-corrected chi connectivity index (χ1v) is 7.21. The monoisotopic (exact) mass is 345 g/mol. The first-order valence-electron chi connectivity index (χ1n) is 6.42. The summed E-state index contributed by atoms with van der Waals surface area (Å²) in [7, 11) is 1.75. The quantitative estimate of drug-likeness (QED) is 0.754. The van der Waals surface area contributed by atoms with Gasteiger partial charge in [-0.25, -0.2) is 4.39 Å². The lowest BCUT2D eigenvalue weighted by Gasteiger charge is -2.07. The SMILES string of the molecule is Cn1nc(-c2ccccc2F)c(-c2ccccc2Br)c1N. The van der Waals surface area contributed by atoms with E-state index in [1.54, 1.807) is 29.9 Å². The van der Waals surface area contributed by atoms with E-state index in [1.807, 2.05) is 24.3 Å². The van der Waals surface area contributed by atoms with Gasteiger partial charge >= 0.3 is 0 Å². The van der Waals surface area contributed by atoms with Crippen molar-refractivity contribution < 1.29 is 4.39 Å². The highest BCUT2D eigenvalue weighted by Gasteiger charge is 2.20. The maximum absolute atomic E-state index is 14.1.